The molecule has 0 spiro atoms. The predicted octanol–water partition coefficient (Wildman–Crippen LogP) is 5.03. The lowest BCUT2D eigenvalue weighted by Crippen LogP contribution is -2.31. The molecule has 1 fully saturated rings. The number of aromatic nitrogens is 3. The van der Waals surface area contributed by atoms with Gasteiger partial charge in [-0.05, 0) is 56.9 Å². The normalized spacial score (nSPS) is 14.9. The van der Waals surface area contributed by atoms with E-state index >= 15 is 0 Å². The summed E-state index contributed by atoms with van der Waals surface area (Å²) in [6.45, 7) is 1.81. The number of anilines is 2. The lowest BCUT2D eigenvalue weighted by atomic mass is 9.97. The molecule has 0 bridgehead atoms. The van der Waals surface area contributed by atoms with Crippen LogP contribution < -0.4 is 10.6 Å². The third-order valence-corrected chi connectivity index (χ3v) is 7.70. The van der Waals surface area contributed by atoms with Gasteiger partial charge in [-0.3, -0.25) is 14.6 Å². The van der Waals surface area contributed by atoms with Gasteiger partial charge in [0.1, 0.15) is 11.9 Å². The number of carbonyl (C=O) groups is 2. The van der Waals surface area contributed by atoms with Crippen LogP contribution in [0.1, 0.15) is 22.3 Å². The third-order valence-electron chi connectivity index (χ3n) is 7.70. The molecule has 0 aliphatic carbocycles. The van der Waals surface area contributed by atoms with Crippen molar-refractivity contribution in [1.29, 1.82) is 5.26 Å². The van der Waals surface area contributed by atoms with Crippen LogP contribution in [-0.2, 0) is 4.79 Å². The van der Waals surface area contributed by atoms with Gasteiger partial charge in [-0.1, -0.05) is 24.3 Å². The maximum absolute atomic E-state index is 13.2. The van der Waals surface area contributed by atoms with Crippen LogP contribution in [0, 0.1) is 11.3 Å². The Balaban J connectivity index is 1.15. The summed E-state index contributed by atoms with van der Waals surface area (Å²) >= 11 is 0. The minimum absolute atomic E-state index is 0.0139. The number of rotatable bonds is 8. The Labute approximate surface area is 255 Å². The number of H-pyrrole nitrogens is 1. The number of nitrogens with zero attached hydrogens (tertiary/aromatic N) is 5. The molecule has 10 nitrogen and oxygen atoms in total. The van der Waals surface area contributed by atoms with Gasteiger partial charge in [-0.15, -0.1) is 0 Å². The first-order valence-electron chi connectivity index (χ1n) is 14.4. The number of likely N-dealkylation sites (tertiary alicyclic amines) is 1. The monoisotopic (exact) mass is 584 g/mol. The molecular weight excluding hydrogens is 552 g/mol. The molecule has 0 saturated carbocycles. The summed E-state index contributed by atoms with van der Waals surface area (Å²) in [6, 6.07) is 19.2. The van der Waals surface area contributed by atoms with Gasteiger partial charge in [-0.2, -0.15) is 5.26 Å². The topological polar surface area (TPSA) is 130 Å². The number of aromatic amines is 1. The number of hydrogen-bond acceptors (Lipinski definition) is 7. The first-order chi connectivity index (χ1) is 21.4. The Kier molecular flexibility index (Phi) is 8.04. The van der Waals surface area contributed by atoms with Crippen LogP contribution in [0.25, 0.3) is 32.9 Å². The highest BCUT2D eigenvalue weighted by atomic mass is 16.2. The van der Waals surface area contributed by atoms with Gasteiger partial charge in [0, 0.05) is 82.8 Å². The quantitative estimate of drug-likeness (QED) is 0.218. The van der Waals surface area contributed by atoms with Crippen LogP contribution in [0.2, 0.25) is 0 Å². The van der Waals surface area contributed by atoms with E-state index in [1.54, 1.807) is 42.7 Å². The van der Waals surface area contributed by atoms with Crippen LogP contribution in [0.4, 0.5) is 11.5 Å². The number of pyridine rings is 2. The Hall–Kier alpha value is -5.53. The van der Waals surface area contributed by atoms with E-state index in [2.05, 4.69) is 31.7 Å². The lowest BCUT2D eigenvalue weighted by molar-refractivity contribution is -0.111. The number of amides is 2. The fourth-order valence-corrected chi connectivity index (χ4v) is 5.53. The first kappa shape index (κ1) is 28.6. The summed E-state index contributed by atoms with van der Waals surface area (Å²) in [5.74, 6) is 0.387. The van der Waals surface area contributed by atoms with Crippen molar-refractivity contribution < 1.29 is 9.59 Å². The standard InChI is InChI=1S/C34H32N8O2/c1-41(2)14-5-8-32(43)40-24-11-9-22(10-12-24)34(44)42-15-13-25(21-42)39-31-16-27-30(20-38-31)36-18-23(17-35)33(27)28-19-37-29-7-4-3-6-26(28)29/h3-12,16,18-20,25,37H,13-15,21H2,1-2H3,(H,38,39)(H,40,43)/b8-5+. The number of hydrogen-bond donors (Lipinski definition) is 3. The molecule has 220 valence electrons. The Bertz CT molecular complexity index is 1920. The fourth-order valence-electron chi connectivity index (χ4n) is 5.53. The van der Waals surface area contributed by atoms with Crippen molar-refractivity contribution in [2.24, 2.45) is 0 Å². The van der Waals surface area contributed by atoms with E-state index in [0.717, 1.165) is 33.8 Å². The smallest absolute Gasteiger partial charge is 0.253 e. The van der Waals surface area contributed by atoms with Crippen LogP contribution in [0.5, 0.6) is 0 Å². The Morgan fingerprint density at radius 3 is 2.73 bits per heavy atom. The maximum Gasteiger partial charge on any atom is 0.253 e. The van der Waals surface area contributed by atoms with Gasteiger partial charge in [0.05, 0.1) is 17.3 Å². The van der Waals surface area contributed by atoms with Crippen LogP contribution in [0.15, 0.2) is 85.3 Å². The second kappa shape index (κ2) is 12.4. The van der Waals surface area contributed by atoms with Crippen molar-refractivity contribution in [3.63, 3.8) is 0 Å². The predicted molar refractivity (Wildman–Crippen MR) is 172 cm³/mol. The average molecular weight is 585 g/mol. The van der Waals surface area contributed by atoms with E-state index in [0.29, 0.717) is 47.8 Å². The number of para-hydroxylation sites is 1. The molecule has 1 aliphatic rings. The van der Waals surface area contributed by atoms with Crippen LogP contribution in [0.3, 0.4) is 0 Å². The van der Waals surface area contributed by atoms with Gasteiger partial charge in [-0.25, -0.2) is 4.98 Å². The molecule has 10 heteroatoms. The molecule has 6 rings (SSSR count). The first-order valence-corrected chi connectivity index (χ1v) is 14.4. The van der Waals surface area contributed by atoms with Gasteiger partial charge < -0.3 is 25.4 Å². The van der Waals surface area contributed by atoms with Crippen molar-refractivity contribution in [3.8, 4) is 17.2 Å². The molecule has 0 radical (unpaired) electrons. The molecule has 1 unspecified atom stereocenters. The Morgan fingerprint density at radius 2 is 1.93 bits per heavy atom. The molecule has 1 aliphatic heterocycles. The molecular formula is C34H32N8O2. The summed E-state index contributed by atoms with van der Waals surface area (Å²) < 4.78 is 0. The molecule has 4 heterocycles. The van der Waals surface area contributed by atoms with Crippen LogP contribution in [-0.4, -0.2) is 76.3 Å². The highest BCUT2D eigenvalue weighted by Gasteiger charge is 2.27. The fraction of sp³-hybridized carbons (Fsp3) is 0.206. The highest BCUT2D eigenvalue weighted by molar-refractivity contribution is 6.06. The molecule has 2 aromatic carbocycles. The number of nitrogens with one attached hydrogen (secondary N) is 3. The highest BCUT2D eigenvalue weighted by Crippen LogP contribution is 2.36. The van der Waals surface area contributed by atoms with Gasteiger partial charge in [0.25, 0.3) is 5.91 Å². The zero-order chi connectivity index (χ0) is 30.6. The van der Waals surface area contributed by atoms with Crippen molar-refractivity contribution in [3.05, 3.63) is 96.5 Å². The maximum atomic E-state index is 13.2. The summed E-state index contributed by atoms with van der Waals surface area (Å²) in [5, 5.41) is 18.1. The second-order valence-corrected chi connectivity index (χ2v) is 11.1. The number of likely N-dealkylation sites (N-methyl/N-ethyl adjacent to an activating group) is 1. The summed E-state index contributed by atoms with van der Waals surface area (Å²) in [7, 11) is 3.87. The van der Waals surface area contributed by atoms with E-state index in [-0.39, 0.29) is 17.9 Å². The van der Waals surface area contributed by atoms with E-state index in [9.17, 15) is 14.9 Å². The van der Waals surface area contributed by atoms with E-state index in [1.165, 1.54) is 6.08 Å². The van der Waals surface area contributed by atoms with Crippen molar-refractivity contribution in [2.75, 3.05) is 44.4 Å². The number of nitriles is 1. The number of benzene rings is 2. The summed E-state index contributed by atoms with van der Waals surface area (Å²) in [4.78, 5) is 41.5. The van der Waals surface area contributed by atoms with E-state index in [4.69, 9.17) is 0 Å². The average Bonchev–Trinajstić information content (AvgIpc) is 3.67. The number of carbonyl (C=O) groups excluding carboxylic acids is 2. The Morgan fingerprint density at radius 1 is 1.11 bits per heavy atom. The largest absolute Gasteiger partial charge is 0.365 e. The molecule has 3 aromatic heterocycles. The van der Waals surface area contributed by atoms with E-state index in [1.807, 2.05) is 60.4 Å². The molecule has 3 N–H and O–H groups in total. The van der Waals surface area contributed by atoms with Gasteiger partial charge in [0.15, 0.2) is 0 Å². The minimum Gasteiger partial charge on any atom is -0.365 e. The van der Waals surface area contributed by atoms with Gasteiger partial charge >= 0.3 is 0 Å². The molecule has 1 saturated heterocycles. The zero-order valence-electron chi connectivity index (χ0n) is 24.5. The molecule has 1 atom stereocenters. The van der Waals surface area contributed by atoms with Gasteiger partial charge in [0.2, 0.25) is 5.91 Å². The van der Waals surface area contributed by atoms with Crippen molar-refractivity contribution in [2.45, 2.75) is 12.5 Å². The third kappa shape index (κ3) is 6.00. The minimum atomic E-state index is -0.213. The second-order valence-electron chi connectivity index (χ2n) is 11.1. The number of fused-ring (bicyclic) bond motifs is 2. The SMILES string of the molecule is CN(C)C/C=C/C(=O)Nc1ccc(C(=O)N2CCC(Nc3cc4c(-c5c[nH]c6ccccc56)c(C#N)cnc4cn3)C2)cc1. The van der Waals surface area contributed by atoms with Crippen molar-refractivity contribution >= 4 is 45.1 Å². The molecule has 44 heavy (non-hydrogen) atoms. The summed E-state index contributed by atoms with van der Waals surface area (Å²) in [5.41, 5.74) is 5.12. The summed E-state index contributed by atoms with van der Waals surface area (Å²) in [6.07, 6.45) is 9.31. The van der Waals surface area contributed by atoms with Crippen molar-refractivity contribution in [1.82, 2.24) is 24.8 Å². The molecule has 5 aromatic rings. The van der Waals surface area contributed by atoms with Crippen LogP contribution >= 0.6 is 0 Å². The zero-order valence-corrected chi connectivity index (χ0v) is 24.5. The molecule has 2 amide bonds. The van der Waals surface area contributed by atoms with E-state index < -0.39 is 0 Å². The lowest BCUT2D eigenvalue weighted by Gasteiger charge is -2.18.